The van der Waals surface area contributed by atoms with Gasteiger partial charge in [0.2, 0.25) is 0 Å². The van der Waals surface area contributed by atoms with Gasteiger partial charge in [0.05, 0.1) is 0 Å². The second kappa shape index (κ2) is 16.9. The highest BCUT2D eigenvalue weighted by molar-refractivity contribution is 5.32. The van der Waals surface area contributed by atoms with Gasteiger partial charge in [-0.1, -0.05) is 78.9 Å². The number of hydrogen-bond acceptors (Lipinski definition) is 3. The second-order valence-electron chi connectivity index (χ2n) is 5.44. The van der Waals surface area contributed by atoms with E-state index < -0.39 is 0 Å². The van der Waals surface area contributed by atoms with Crippen LogP contribution in [0.5, 0.6) is 11.5 Å². The van der Waals surface area contributed by atoms with E-state index in [1.54, 1.807) is 36.4 Å². The van der Waals surface area contributed by atoms with E-state index in [-0.39, 0.29) is 0 Å². The van der Waals surface area contributed by atoms with E-state index in [0.717, 1.165) is 18.4 Å². The van der Waals surface area contributed by atoms with Gasteiger partial charge in [0.25, 0.3) is 0 Å². The van der Waals surface area contributed by atoms with Crippen LogP contribution in [-0.2, 0) is 17.6 Å². The van der Waals surface area contributed by atoms with Crippen LogP contribution < -0.4 is 0 Å². The van der Waals surface area contributed by atoms with Gasteiger partial charge in [-0.2, -0.15) is 0 Å². The Morgan fingerprint density at radius 2 is 1.11 bits per heavy atom. The topological polar surface area (TPSA) is 57.5 Å². The quantitative estimate of drug-likeness (QED) is 0.571. The molecule has 0 unspecified atom stereocenters. The van der Waals surface area contributed by atoms with Crippen molar-refractivity contribution in [1.82, 2.24) is 0 Å². The maximum Gasteiger partial charge on any atom is 0.119 e. The molecule has 3 rings (SSSR count). The molecule has 0 spiro atoms. The number of para-hydroxylation sites is 2. The number of phenols is 2. The van der Waals surface area contributed by atoms with Crippen molar-refractivity contribution < 1.29 is 15.0 Å². The summed E-state index contributed by atoms with van der Waals surface area (Å²) in [6.07, 6.45) is 5.39. The zero-order chi connectivity index (χ0) is 21.0. The highest BCUT2D eigenvalue weighted by Gasteiger charge is 1.93. The average Bonchev–Trinajstić information content (AvgIpc) is 2.74. The molecule has 146 valence electrons. The van der Waals surface area contributed by atoms with Gasteiger partial charge >= 0.3 is 0 Å². The molecule has 0 radical (unpaired) electrons. The Hall–Kier alpha value is -3.59. The number of allylic oxidation sites excluding steroid dienone is 2. The van der Waals surface area contributed by atoms with E-state index in [2.05, 4.69) is 25.3 Å². The molecule has 3 aromatic rings. The van der Waals surface area contributed by atoms with E-state index in [1.807, 2.05) is 55.3 Å². The molecule has 3 nitrogen and oxygen atoms in total. The van der Waals surface area contributed by atoms with Crippen molar-refractivity contribution in [3.05, 3.63) is 121 Å². The molecule has 0 saturated heterocycles. The number of rotatable bonds is 4. The highest BCUT2D eigenvalue weighted by atomic mass is 16.3. The monoisotopic (exact) mass is 376 g/mol. The summed E-state index contributed by atoms with van der Waals surface area (Å²) in [5.41, 5.74) is 2.25. The Bertz CT molecular complexity index is 768. The van der Waals surface area contributed by atoms with Crippen molar-refractivity contribution in [3.8, 4) is 11.5 Å². The Kier molecular flexibility index (Phi) is 14.7. The van der Waals surface area contributed by atoms with Gasteiger partial charge in [-0.15, -0.1) is 13.2 Å². The average molecular weight is 376 g/mol. The zero-order valence-electron chi connectivity index (χ0n) is 16.1. The molecule has 0 aliphatic heterocycles. The van der Waals surface area contributed by atoms with Gasteiger partial charge in [-0.3, -0.25) is 0 Å². The minimum atomic E-state index is 0.322. The van der Waals surface area contributed by atoms with E-state index >= 15 is 0 Å². The van der Waals surface area contributed by atoms with E-state index in [9.17, 15) is 5.11 Å². The SMILES string of the molecule is C=CCc1ccccc1.C=CCc1ccccc1O.C=O.Oc1ccccc1. The van der Waals surface area contributed by atoms with Crippen LogP contribution in [0.4, 0.5) is 0 Å². The van der Waals surface area contributed by atoms with Crippen LogP contribution >= 0.6 is 0 Å². The molecule has 0 saturated carbocycles. The molecule has 3 aromatic carbocycles. The van der Waals surface area contributed by atoms with E-state index in [1.165, 1.54) is 5.56 Å². The third-order valence-electron chi connectivity index (χ3n) is 3.33. The normalized spacial score (nSPS) is 8.43. The minimum absolute atomic E-state index is 0.322. The summed E-state index contributed by atoms with van der Waals surface area (Å²) in [4.78, 5) is 8.00. The number of carbonyl (C=O) groups excluding carboxylic acids is 1. The lowest BCUT2D eigenvalue weighted by Gasteiger charge is -1.97. The summed E-state index contributed by atoms with van der Waals surface area (Å²) in [5, 5.41) is 17.8. The van der Waals surface area contributed by atoms with Crippen molar-refractivity contribution in [3.63, 3.8) is 0 Å². The highest BCUT2D eigenvalue weighted by Crippen LogP contribution is 2.15. The minimum Gasteiger partial charge on any atom is -0.508 e. The second-order valence-corrected chi connectivity index (χ2v) is 5.44. The zero-order valence-corrected chi connectivity index (χ0v) is 16.1. The Morgan fingerprint density at radius 1 is 0.643 bits per heavy atom. The van der Waals surface area contributed by atoms with Crippen LogP contribution in [0.1, 0.15) is 11.1 Å². The van der Waals surface area contributed by atoms with Crippen molar-refractivity contribution >= 4 is 6.79 Å². The lowest BCUT2D eigenvalue weighted by molar-refractivity contribution is -0.0979. The molecular formula is C25H28O3. The molecule has 0 aliphatic rings. The van der Waals surface area contributed by atoms with Crippen LogP contribution in [0.25, 0.3) is 0 Å². The number of phenolic OH excluding ortho intramolecular Hbond substituents is 2. The fraction of sp³-hybridized carbons (Fsp3) is 0.0800. The first kappa shape index (κ1) is 24.4. The van der Waals surface area contributed by atoms with Crippen molar-refractivity contribution in [2.24, 2.45) is 0 Å². The summed E-state index contributed by atoms with van der Waals surface area (Å²) >= 11 is 0. The molecular weight excluding hydrogens is 348 g/mol. The fourth-order valence-electron chi connectivity index (χ4n) is 2.05. The van der Waals surface area contributed by atoms with Crippen molar-refractivity contribution in [2.75, 3.05) is 0 Å². The van der Waals surface area contributed by atoms with Crippen LogP contribution in [0.15, 0.2) is 110 Å². The van der Waals surface area contributed by atoms with Gasteiger partial charge in [0.15, 0.2) is 0 Å². The molecule has 0 atom stereocenters. The number of carbonyl (C=O) groups is 1. The standard InChI is InChI=1S/C9H10O.C9H10.C6H6O.CH2O/c1-2-5-8-6-3-4-7-9(8)10;1-2-6-9-7-4-3-5-8-9;7-6-4-2-1-3-5-6;1-2/h2-4,6-7,10H,1,5H2;2-5,7-8H,1,6H2;1-5,7H;1H2. The summed E-state index contributed by atoms with van der Waals surface area (Å²) < 4.78 is 0. The summed E-state index contributed by atoms with van der Waals surface area (Å²) in [6, 6.07) is 26.3. The number of hydrogen-bond donors (Lipinski definition) is 2. The summed E-state index contributed by atoms with van der Waals surface area (Å²) in [5.74, 6) is 0.671. The van der Waals surface area contributed by atoms with Gasteiger partial charge in [-0.05, 0) is 42.2 Å². The summed E-state index contributed by atoms with van der Waals surface area (Å²) in [6.45, 7) is 9.24. The number of benzene rings is 3. The predicted molar refractivity (Wildman–Crippen MR) is 118 cm³/mol. The van der Waals surface area contributed by atoms with Gasteiger partial charge < -0.3 is 15.0 Å². The van der Waals surface area contributed by atoms with Crippen LogP contribution in [0.3, 0.4) is 0 Å². The fourth-order valence-corrected chi connectivity index (χ4v) is 2.05. The van der Waals surface area contributed by atoms with Gasteiger partial charge in [0, 0.05) is 0 Å². The van der Waals surface area contributed by atoms with E-state index in [0.29, 0.717) is 11.5 Å². The molecule has 2 N–H and O–H groups in total. The van der Waals surface area contributed by atoms with Crippen LogP contribution in [0, 0.1) is 0 Å². The molecule has 0 heterocycles. The van der Waals surface area contributed by atoms with Crippen LogP contribution in [-0.4, -0.2) is 17.0 Å². The largest absolute Gasteiger partial charge is 0.508 e. The van der Waals surface area contributed by atoms with Gasteiger partial charge in [-0.25, -0.2) is 0 Å². The predicted octanol–water partition coefficient (Wildman–Crippen LogP) is 5.74. The van der Waals surface area contributed by atoms with Gasteiger partial charge in [0.1, 0.15) is 18.3 Å². The molecule has 0 fully saturated rings. The van der Waals surface area contributed by atoms with Crippen molar-refractivity contribution in [2.45, 2.75) is 12.8 Å². The third kappa shape index (κ3) is 11.9. The maximum atomic E-state index is 9.19. The first-order chi connectivity index (χ1) is 13.7. The smallest absolute Gasteiger partial charge is 0.119 e. The molecule has 0 aliphatic carbocycles. The summed E-state index contributed by atoms with van der Waals surface area (Å²) in [7, 11) is 0. The van der Waals surface area contributed by atoms with Crippen LogP contribution in [0.2, 0.25) is 0 Å². The Labute approximate surface area is 167 Å². The number of aromatic hydroxyl groups is 2. The molecule has 0 amide bonds. The molecule has 28 heavy (non-hydrogen) atoms. The first-order valence-corrected chi connectivity index (χ1v) is 8.72. The lowest BCUT2D eigenvalue weighted by atomic mass is 10.1. The molecule has 0 bridgehead atoms. The molecule has 0 aromatic heterocycles. The Balaban J connectivity index is 0.000000378. The van der Waals surface area contributed by atoms with E-state index in [4.69, 9.17) is 9.90 Å². The molecule has 3 heteroatoms. The first-order valence-electron chi connectivity index (χ1n) is 8.72. The lowest BCUT2D eigenvalue weighted by Crippen LogP contribution is -1.79. The maximum absolute atomic E-state index is 9.19. The van der Waals surface area contributed by atoms with Crippen molar-refractivity contribution in [1.29, 1.82) is 0 Å². The third-order valence-corrected chi connectivity index (χ3v) is 3.33. The Morgan fingerprint density at radius 3 is 1.54 bits per heavy atom.